The lowest BCUT2D eigenvalue weighted by atomic mass is 9.88. The molecule has 1 aromatic carbocycles. The van der Waals surface area contributed by atoms with Crippen molar-refractivity contribution >= 4 is 22.8 Å². The Morgan fingerprint density at radius 3 is 2.30 bits per heavy atom. The SMILES string of the molecule is COCC(=O)NCCc1nc2ccccc2n1CC(=O)N(C1CCCCC1)C1CCCCC1. The Morgan fingerprint density at radius 1 is 1.03 bits per heavy atom. The van der Waals surface area contributed by atoms with E-state index in [-0.39, 0.29) is 18.4 Å². The van der Waals surface area contributed by atoms with Crippen LogP contribution in [0.1, 0.15) is 70.0 Å². The van der Waals surface area contributed by atoms with Gasteiger partial charge in [0.15, 0.2) is 0 Å². The third-order valence-corrected chi connectivity index (χ3v) is 7.20. The molecule has 1 aromatic heterocycles. The number of hydrogen-bond acceptors (Lipinski definition) is 4. The number of imidazole rings is 1. The zero-order chi connectivity index (χ0) is 23.0. The van der Waals surface area contributed by atoms with E-state index in [0.717, 1.165) is 42.5 Å². The van der Waals surface area contributed by atoms with Crippen molar-refractivity contribution in [3.63, 3.8) is 0 Å². The standard InChI is InChI=1S/C26H38N4O3/c1-33-19-25(31)27-17-16-24-28-22-14-8-9-15-23(22)29(24)18-26(32)30(20-10-4-2-5-11-20)21-12-6-3-7-13-21/h8-9,14-15,20-21H,2-7,10-13,16-19H2,1H3,(H,27,31). The van der Waals surface area contributed by atoms with Crippen LogP contribution in [0.25, 0.3) is 11.0 Å². The molecule has 1 heterocycles. The van der Waals surface area contributed by atoms with Crippen LogP contribution in [-0.2, 0) is 27.3 Å². The second-order valence-corrected chi connectivity index (χ2v) is 9.52. The summed E-state index contributed by atoms with van der Waals surface area (Å²) in [5.41, 5.74) is 1.88. The van der Waals surface area contributed by atoms with Crippen LogP contribution in [-0.4, -0.2) is 58.6 Å². The Hall–Kier alpha value is -2.41. The summed E-state index contributed by atoms with van der Waals surface area (Å²) in [6.07, 6.45) is 12.6. The summed E-state index contributed by atoms with van der Waals surface area (Å²) in [7, 11) is 1.51. The maximum atomic E-state index is 13.9. The van der Waals surface area contributed by atoms with Crippen LogP contribution in [0, 0.1) is 0 Å². The van der Waals surface area contributed by atoms with Crippen molar-refractivity contribution in [1.82, 2.24) is 19.8 Å². The topological polar surface area (TPSA) is 76.5 Å². The predicted octanol–water partition coefficient (Wildman–Crippen LogP) is 3.84. The number of methoxy groups -OCH3 is 1. The minimum Gasteiger partial charge on any atom is -0.375 e. The first-order chi connectivity index (χ1) is 16.2. The van der Waals surface area contributed by atoms with Gasteiger partial charge in [-0.05, 0) is 37.8 Å². The number of benzene rings is 1. The summed E-state index contributed by atoms with van der Waals surface area (Å²) in [5.74, 6) is 0.924. The number of fused-ring (bicyclic) bond motifs is 1. The molecule has 0 bridgehead atoms. The highest BCUT2D eigenvalue weighted by molar-refractivity contribution is 5.81. The number of ether oxygens (including phenoxy) is 1. The second kappa shape index (κ2) is 11.6. The largest absolute Gasteiger partial charge is 0.375 e. The molecule has 2 aromatic rings. The van der Waals surface area contributed by atoms with Crippen molar-refractivity contribution in [1.29, 1.82) is 0 Å². The molecule has 0 radical (unpaired) electrons. The molecule has 2 amide bonds. The molecule has 2 aliphatic rings. The van der Waals surface area contributed by atoms with Gasteiger partial charge < -0.3 is 19.5 Å². The second-order valence-electron chi connectivity index (χ2n) is 9.52. The van der Waals surface area contributed by atoms with E-state index in [2.05, 4.69) is 14.8 Å². The molecule has 2 fully saturated rings. The average Bonchev–Trinajstić information content (AvgIpc) is 3.18. The normalized spacial score (nSPS) is 17.8. The molecule has 2 aliphatic carbocycles. The van der Waals surface area contributed by atoms with Gasteiger partial charge in [0.05, 0.1) is 11.0 Å². The first kappa shape index (κ1) is 23.7. The van der Waals surface area contributed by atoms with Crippen LogP contribution in [0.2, 0.25) is 0 Å². The molecule has 0 spiro atoms. The van der Waals surface area contributed by atoms with Crippen LogP contribution in [0.3, 0.4) is 0 Å². The van der Waals surface area contributed by atoms with Gasteiger partial charge in [0.1, 0.15) is 19.0 Å². The maximum Gasteiger partial charge on any atom is 0.245 e. The summed E-state index contributed by atoms with van der Waals surface area (Å²) in [6, 6.07) is 8.75. The maximum absolute atomic E-state index is 13.9. The Balaban J connectivity index is 1.54. The van der Waals surface area contributed by atoms with Crippen molar-refractivity contribution in [2.45, 2.75) is 89.3 Å². The Kier molecular flexibility index (Phi) is 8.37. The highest BCUT2D eigenvalue weighted by Gasteiger charge is 2.32. The van der Waals surface area contributed by atoms with Crippen molar-refractivity contribution in [3.8, 4) is 0 Å². The van der Waals surface area contributed by atoms with E-state index in [1.54, 1.807) is 0 Å². The minimum absolute atomic E-state index is 0.0483. The molecule has 1 N–H and O–H groups in total. The Morgan fingerprint density at radius 2 is 1.67 bits per heavy atom. The zero-order valence-corrected chi connectivity index (χ0v) is 19.9. The van der Waals surface area contributed by atoms with E-state index in [0.29, 0.717) is 31.6 Å². The van der Waals surface area contributed by atoms with Gasteiger partial charge in [-0.2, -0.15) is 0 Å². The minimum atomic E-state index is -0.142. The fraction of sp³-hybridized carbons (Fsp3) is 0.654. The number of hydrogen-bond donors (Lipinski definition) is 1. The van der Waals surface area contributed by atoms with Gasteiger partial charge in [0, 0.05) is 32.2 Å². The molecule has 2 saturated carbocycles. The van der Waals surface area contributed by atoms with Gasteiger partial charge in [0.2, 0.25) is 11.8 Å². The van der Waals surface area contributed by atoms with Gasteiger partial charge in [-0.25, -0.2) is 4.98 Å². The van der Waals surface area contributed by atoms with E-state index < -0.39 is 0 Å². The summed E-state index contributed by atoms with van der Waals surface area (Å²) < 4.78 is 6.96. The number of nitrogens with zero attached hydrogens (tertiary/aromatic N) is 3. The van der Waals surface area contributed by atoms with Crippen molar-refractivity contribution in [2.75, 3.05) is 20.3 Å². The molecule has 180 valence electrons. The Labute approximate surface area is 196 Å². The lowest BCUT2D eigenvalue weighted by molar-refractivity contribution is -0.138. The number of carbonyl (C=O) groups excluding carboxylic acids is 2. The van der Waals surface area contributed by atoms with Crippen molar-refractivity contribution in [3.05, 3.63) is 30.1 Å². The number of para-hydroxylation sites is 2. The number of rotatable bonds is 9. The monoisotopic (exact) mass is 454 g/mol. The fourth-order valence-corrected chi connectivity index (χ4v) is 5.63. The smallest absolute Gasteiger partial charge is 0.245 e. The number of carbonyl (C=O) groups is 2. The average molecular weight is 455 g/mol. The molecular weight excluding hydrogens is 416 g/mol. The van der Waals surface area contributed by atoms with E-state index in [9.17, 15) is 9.59 Å². The van der Waals surface area contributed by atoms with Gasteiger partial charge >= 0.3 is 0 Å². The molecule has 0 atom stereocenters. The van der Waals surface area contributed by atoms with E-state index in [1.807, 2.05) is 24.3 Å². The molecule has 7 nitrogen and oxygen atoms in total. The molecular formula is C26H38N4O3. The zero-order valence-electron chi connectivity index (χ0n) is 19.9. The van der Waals surface area contributed by atoms with Crippen LogP contribution in [0.4, 0.5) is 0 Å². The molecule has 7 heteroatoms. The number of aromatic nitrogens is 2. The van der Waals surface area contributed by atoms with Crippen LogP contribution < -0.4 is 5.32 Å². The van der Waals surface area contributed by atoms with E-state index in [4.69, 9.17) is 9.72 Å². The van der Waals surface area contributed by atoms with Gasteiger partial charge in [-0.15, -0.1) is 0 Å². The van der Waals surface area contributed by atoms with Crippen molar-refractivity contribution in [2.24, 2.45) is 0 Å². The molecule has 33 heavy (non-hydrogen) atoms. The first-order valence-electron chi connectivity index (χ1n) is 12.7. The van der Waals surface area contributed by atoms with Crippen LogP contribution in [0.5, 0.6) is 0 Å². The lowest BCUT2D eigenvalue weighted by Gasteiger charge is -2.42. The summed E-state index contributed by atoms with van der Waals surface area (Å²) in [6.45, 7) is 0.830. The molecule has 4 rings (SSSR count). The van der Waals surface area contributed by atoms with Gasteiger partial charge in [-0.1, -0.05) is 50.7 Å². The highest BCUT2D eigenvalue weighted by Crippen LogP contribution is 2.31. The van der Waals surface area contributed by atoms with Crippen LogP contribution >= 0.6 is 0 Å². The molecule has 0 saturated heterocycles. The van der Waals surface area contributed by atoms with Crippen LogP contribution in [0.15, 0.2) is 24.3 Å². The molecule has 0 aliphatic heterocycles. The third kappa shape index (κ3) is 5.94. The summed E-state index contributed by atoms with van der Waals surface area (Å²) >= 11 is 0. The van der Waals surface area contributed by atoms with Crippen molar-refractivity contribution < 1.29 is 14.3 Å². The fourth-order valence-electron chi connectivity index (χ4n) is 5.63. The summed E-state index contributed by atoms with van der Waals surface area (Å²) in [4.78, 5) is 32.7. The predicted molar refractivity (Wildman–Crippen MR) is 129 cm³/mol. The van der Waals surface area contributed by atoms with E-state index in [1.165, 1.54) is 45.6 Å². The van der Waals surface area contributed by atoms with E-state index >= 15 is 0 Å². The summed E-state index contributed by atoms with van der Waals surface area (Å²) in [5, 5.41) is 2.87. The highest BCUT2D eigenvalue weighted by atomic mass is 16.5. The third-order valence-electron chi connectivity index (χ3n) is 7.20. The van der Waals surface area contributed by atoms with Gasteiger partial charge in [-0.3, -0.25) is 9.59 Å². The van der Waals surface area contributed by atoms with Gasteiger partial charge in [0.25, 0.3) is 0 Å². The Bertz CT molecular complexity index is 911. The first-order valence-corrected chi connectivity index (χ1v) is 12.7. The molecule has 0 unspecified atom stereocenters. The quantitative estimate of drug-likeness (QED) is 0.625. The lowest BCUT2D eigenvalue weighted by Crippen LogP contribution is -2.50. The number of nitrogens with one attached hydrogen (secondary N) is 1. The number of amides is 2.